The van der Waals surface area contributed by atoms with E-state index in [1.54, 1.807) is 0 Å². The number of para-hydroxylation sites is 3. The maximum absolute atomic E-state index is 6.30. The van der Waals surface area contributed by atoms with Crippen molar-refractivity contribution in [2.24, 2.45) is 0 Å². The van der Waals surface area contributed by atoms with Crippen LogP contribution in [-0.2, 0) is 0 Å². The Morgan fingerprint density at radius 3 is 1.57 bits per heavy atom. The first-order valence-electron chi connectivity index (χ1n) is 20.1. The second-order valence-corrected chi connectivity index (χ2v) is 15.0. The highest BCUT2D eigenvalue weighted by Crippen LogP contribution is 2.39. The SMILES string of the molecule is c1ccc(-c2cccc(-c3nc(-c4ccc(-c5nc6oc7ccccc7c6c6ccccc56)cc4)nc(-c4cccc(-n5c6ccccc6c6ccccc65)c4)n3)c2)cc1. The molecule has 12 rings (SSSR count). The van der Waals surface area contributed by atoms with Crippen molar-refractivity contribution in [3.05, 3.63) is 200 Å². The van der Waals surface area contributed by atoms with Crippen LogP contribution in [0.3, 0.4) is 0 Å². The van der Waals surface area contributed by atoms with Crippen LogP contribution in [0.15, 0.2) is 205 Å². The van der Waals surface area contributed by atoms with Gasteiger partial charge in [-0.05, 0) is 52.9 Å². The van der Waals surface area contributed by atoms with Crippen LogP contribution in [-0.4, -0.2) is 24.5 Å². The number of rotatable bonds is 6. The predicted molar refractivity (Wildman–Crippen MR) is 244 cm³/mol. The van der Waals surface area contributed by atoms with Crippen LogP contribution in [0.25, 0.3) is 117 Å². The third kappa shape index (κ3) is 5.57. The molecule has 0 saturated heterocycles. The molecule has 0 radical (unpaired) electrons. The number of fused-ring (bicyclic) bond motifs is 8. The molecule has 60 heavy (non-hydrogen) atoms. The maximum atomic E-state index is 6.30. The summed E-state index contributed by atoms with van der Waals surface area (Å²) in [4.78, 5) is 20.6. The number of pyridine rings is 1. The van der Waals surface area contributed by atoms with Gasteiger partial charge in [-0.1, -0.05) is 164 Å². The molecule has 4 heterocycles. The Morgan fingerprint density at radius 1 is 0.333 bits per heavy atom. The summed E-state index contributed by atoms with van der Waals surface area (Å²) in [7, 11) is 0. The van der Waals surface area contributed by atoms with Gasteiger partial charge in [0, 0.05) is 49.5 Å². The Morgan fingerprint density at radius 2 is 0.850 bits per heavy atom. The Labute approximate surface area is 344 Å². The molecule has 8 aromatic carbocycles. The molecule has 12 aromatic rings. The highest BCUT2D eigenvalue weighted by atomic mass is 16.3. The van der Waals surface area contributed by atoms with Gasteiger partial charge in [0.2, 0.25) is 5.71 Å². The molecule has 6 nitrogen and oxygen atoms in total. The average Bonchev–Trinajstić information content (AvgIpc) is 3.88. The Balaban J connectivity index is 1.01. The van der Waals surface area contributed by atoms with Crippen LogP contribution >= 0.6 is 0 Å². The molecule has 0 aliphatic carbocycles. The van der Waals surface area contributed by atoms with Crippen LogP contribution < -0.4 is 0 Å². The van der Waals surface area contributed by atoms with Gasteiger partial charge in [-0.15, -0.1) is 0 Å². The number of hydrogen-bond donors (Lipinski definition) is 0. The number of furan rings is 1. The average molecular weight is 768 g/mol. The van der Waals surface area contributed by atoms with Crippen LogP contribution in [0, 0.1) is 0 Å². The summed E-state index contributed by atoms with van der Waals surface area (Å²) in [5.41, 5.74) is 11.5. The largest absolute Gasteiger partial charge is 0.438 e. The van der Waals surface area contributed by atoms with E-state index in [4.69, 9.17) is 24.4 Å². The lowest BCUT2D eigenvalue weighted by Gasteiger charge is -2.12. The first-order valence-corrected chi connectivity index (χ1v) is 20.1. The van der Waals surface area contributed by atoms with E-state index in [1.165, 1.54) is 10.8 Å². The maximum Gasteiger partial charge on any atom is 0.228 e. The Kier molecular flexibility index (Phi) is 7.74. The smallest absolute Gasteiger partial charge is 0.228 e. The van der Waals surface area contributed by atoms with E-state index >= 15 is 0 Å². The normalized spacial score (nSPS) is 11.7. The number of aromatic nitrogens is 5. The fourth-order valence-corrected chi connectivity index (χ4v) is 8.65. The molecule has 0 saturated carbocycles. The molecular formula is C54H33N5O. The summed E-state index contributed by atoms with van der Waals surface area (Å²) >= 11 is 0. The number of benzene rings is 8. The minimum Gasteiger partial charge on any atom is -0.438 e. The third-order valence-corrected chi connectivity index (χ3v) is 11.5. The quantitative estimate of drug-likeness (QED) is 0.168. The summed E-state index contributed by atoms with van der Waals surface area (Å²) in [5, 5.41) is 6.70. The van der Waals surface area contributed by atoms with E-state index in [2.05, 4.69) is 180 Å². The highest BCUT2D eigenvalue weighted by Gasteiger charge is 2.19. The lowest BCUT2D eigenvalue weighted by Crippen LogP contribution is -2.01. The van der Waals surface area contributed by atoms with Gasteiger partial charge < -0.3 is 8.98 Å². The van der Waals surface area contributed by atoms with E-state index in [-0.39, 0.29) is 0 Å². The van der Waals surface area contributed by atoms with Crippen molar-refractivity contribution in [2.45, 2.75) is 0 Å². The zero-order valence-corrected chi connectivity index (χ0v) is 32.2. The zero-order chi connectivity index (χ0) is 39.6. The van der Waals surface area contributed by atoms with Gasteiger partial charge >= 0.3 is 0 Å². The van der Waals surface area contributed by atoms with Crippen molar-refractivity contribution in [2.75, 3.05) is 0 Å². The molecule has 0 fully saturated rings. The van der Waals surface area contributed by atoms with E-state index < -0.39 is 0 Å². The topological polar surface area (TPSA) is 69.6 Å². The van der Waals surface area contributed by atoms with E-state index in [0.717, 1.165) is 82.9 Å². The molecule has 0 bridgehead atoms. The van der Waals surface area contributed by atoms with Crippen molar-refractivity contribution in [1.29, 1.82) is 0 Å². The zero-order valence-electron chi connectivity index (χ0n) is 32.2. The minimum atomic E-state index is 0.583. The standard InChI is InChI=1S/C54H33N5O/c1-2-14-34(15-3-1)37-16-12-17-38(32-37)52-56-51(57-53(58-52)39-18-13-19-40(33-39)59-46-25-9-6-20-41(46)42-21-7-10-26-47(42)59)36-30-28-35(29-31-36)50-44-23-5-4-22-43(44)49-45-24-8-11-27-48(45)60-54(49)55-50/h1-33H. The van der Waals surface area contributed by atoms with Crippen molar-refractivity contribution in [3.63, 3.8) is 0 Å². The molecular weight excluding hydrogens is 735 g/mol. The monoisotopic (exact) mass is 767 g/mol. The minimum absolute atomic E-state index is 0.583. The second kappa shape index (κ2) is 13.7. The van der Waals surface area contributed by atoms with Gasteiger partial charge in [-0.25, -0.2) is 19.9 Å². The first-order chi connectivity index (χ1) is 29.7. The van der Waals surface area contributed by atoms with Gasteiger partial charge in [0.15, 0.2) is 17.5 Å². The molecule has 280 valence electrons. The Bertz CT molecular complexity index is 3550. The van der Waals surface area contributed by atoms with Crippen LogP contribution in [0.1, 0.15) is 0 Å². The Hall–Kier alpha value is -8.22. The molecule has 0 aliphatic rings. The van der Waals surface area contributed by atoms with Crippen molar-refractivity contribution in [1.82, 2.24) is 24.5 Å². The summed E-state index contributed by atoms with van der Waals surface area (Å²) in [6.45, 7) is 0. The van der Waals surface area contributed by atoms with Crippen LogP contribution in [0.5, 0.6) is 0 Å². The summed E-state index contributed by atoms with van der Waals surface area (Å²) in [5.74, 6) is 1.77. The summed E-state index contributed by atoms with van der Waals surface area (Å²) in [6.07, 6.45) is 0. The van der Waals surface area contributed by atoms with Gasteiger partial charge in [0.05, 0.1) is 22.1 Å². The molecule has 0 atom stereocenters. The molecule has 4 aromatic heterocycles. The van der Waals surface area contributed by atoms with Gasteiger partial charge in [-0.3, -0.25) is 0 Å². The van der Waals surface area contributed by atoms with Gasteiger partial charge in [0.25, 0.3) is 0 Å². The summed E-state index contributed by atoms with van der Waals surface area (Å²) < 4.78 is 8.62. The molecule has 0 N–H and O–H groups in total. The fraction of sp³-hybridized carbons (Fsp3) is 0. The van der Waals surface area contributed by atoms with Crippen molar-refractivity contribution >= 4 is 54.6 Å². The first kappa shape index (κ1) is 33.9. The van der Waals surface area contributed by atoms with Gasteiger partial charge in [-0.2, -0.15) is 0 Å². The number of hydrogen-bond acceptors (Lipinski definition) is 5. The molecule has 0 amide bonds. The second-order valence-electron chi connectivity index (χ2n) is 15.0. The van der Waals surface area contributed by atoms with Crippen molar-refractivity contribution < 1.29 is 4.42 Å². The van der Waals surface area contributed by atoms with Crippen LogP contribution in [0.2, 0.25) is 0 Å². The molecule has 6 heteroatoms. The van der Waals surface area contributed by atoms with Crippen LogP contribution in [0.4, 0.5) is 0 Å². The molecule has 0 spiro atoms. The lowest BCUT2D eigenvalue weighted by atomic mass is 9.99. The van der Waals surface area contributed by atoms with Crippen molar-refractivity contribution in [3.8, 4) is 62.2 Å². The van der Waals surface area contributed by atoms with E-state index in [1.807, 2.05) is 24.3 Å². The number of nitrogens with zero attached hydrogens (tertiary/aromatic N) is 5. The predicted octanol–water partition coefficient (Wildman–Crippen LogP) is 13.8. The van der Waals surface area contributed by atoms with Gasteiger partial charge in [0.1, 0.15) is 5.58 Å². The fourth-order valence-electron chi connectivity index (χ4n) is 8.65. The van der Waals surface area contributed by atoms with E-state index in [0.29, 0.717) is 23.2 Å². The third-order valence-electron chi connectivity index (χ3n) is 11.5. The molecule has 0 aliphatic heterocycles. The lowest BCUT2D eigenvalue weighted by molar-refractivity contribution is 0.655. The highest BCUT2D eigenvalue weighted by molar-refractivity contribution is 6.20. The van der Waals surface area contributed by atoms with E-state index in [9.17, 15) is 0 Å². The molecule has 0 unspecified atom stereocenters. The summed E-state index contributed by atoms with van der Waals surface area (Å²) in [6, 6.07) is 69.3.